The van der Waals surface area contributed by atoms with E-state index in [9.17, 15) is 14.4 Å². The number of hydrogen-bond acceptors (Lipinski definition) is 7. The van der Waals surface area contributed by atoms with Gasteiger partial charge in [-0.25, -0.2) is 4.98 Å². The van der Waals surface area contributed by atoms with E-state index in [2.05, 4.69) is 25.9 Å². The topological polar surface area (TPSA) is 113 Å². The van der Waals surface area contributed by atoms with Gasteiger partial charge in [0, 0.05) is 44.5 Å². The average Bonchev–Trinajstić information content (AvgIpc) is 3.53. The van der Waals surface area contributed by atoms with Gasteiger partial charge in [-0.15, -0.1) is 23.1 Å². The average molecular weight is 654 g/mol. The molecule has 0 aliphatic carbocycles. The van der Waals surface area contributed by atoms with E-state index in [4.69, 9.17) is 11.6 Å². The summed E-state index contributed by atoms with van der Waals surface area (Å²) in [4.78, 5) is 48.9. The van der Waals surface area contributed by atoms with Gasteiger partial charge in [-0.2, -0.15) is 0 Å². The highest BCUT2D eigenvalue weighted by Gasteiger charge is 2.20. The van der Waals surface area contributed by atoms with Gasteiger partial charge < -0.3 is 16.0 Å². The molecule has 0 radical (unpaired) electrons. The van der Waals surface area contributed by atoms with Crippen LogP contribution < -0.4 is 16.0 Å². The number of carbonyl (C=O) groups is 3. The summed E-state index contributed by atoms with van der Waals surface area (Å²) < 4.78 is 0. The molecule has 3 amide bonds. The van der Waals surface area contributed by atoms with Crippen LogP contribution in [-0.4, -0.2) is 32.9 Å². The van der Waals surface area contributed by atoms with Crippen molar-refractivity contribution < 1.29 is 14.4 Å². The van der Waals surface area contributed by atoms with Crippen LogP contribution in [0.2, 0.25) is 5.02 Å². The Labute approximate surface area is 274 Å². The van der Waals surface area contributed by atoms with Crippen LogP contribution in [0.1, 0.15) is 29.3 Å². The van der Waals surface area contributed by atoms with Crippen LogP contribution in [0.25, 0.3) is 17.3 Å². The molecular formula is C34H28ClN5O3S2. The highest BCUT2D eigenvalue weighted by Crippen LogP contribution is 2.30. The molecule has 5 rings (SSSR count). The van der Waals surface area contributed by atoms with Crippen molar-refractivity contribution in [3.05, 3.63) is 131 Å². The number of thioether (sulfide) groups is 1. The van der Waals surface area contributed by atoms with E-state index in [1.165, 1.54) is 23.1 Å². The molecule has 8 nitrogen and oxygen atoms in total. The number of benzene rings is 3. The molecule has 0 bridgehead atoms. The zero-order valence-electron chi connectivity index (χ0n) is 24.1. The monoisotopic (exact) mass is 653 g/mol. The maximum absolute atomic E-state index is 13.4. The highest BCUT2D eigenvalue weighted by atomic mass is 35.5. The van der Waals surface area contributed by atoms with Crippen molar-refractivity contribution in [2.75, 3.05) is 10.6 Å². The first-order valence-corrected chi connectivity index (χ1v) is 16.1. The number of carbonyl (C=O) groups excluding carboxylic acids is 3. The number of pyridine rings is 1. The fraction of sp³-hybridized carbons (Fsp3) is 0.0882. The van der Waals surface area contributed by atoms with E-state index in [-0.39, 0.29) is 11.6 Å². The number of thiazole rings is 1. The van der Waals surface area contributed by atoms with Crippen LogP contribution in [0.4, 0.5) is 10.8 Å². The molecule has 11 heteroatoms. The van der Waals surface area contributed by atoms with Crippen LogP contribution in [0.5, 0.6) is 0 Å². The molecule has 0 aliphatic rings. The lowest BCUT2D eigenvalue weighted by Crippen LogP contribution is -2.30. The molecule has 3 aromatic carbocycles. The van der Waals surface area contributed by atoms with Gasteiger partial charge in [-0.05, 0) is 66.6 Å². The van der Waals surface area contributed by atoms with E-state index >= 15 is 0 Å². The molecule has 1 atom stereocenters. The molecule has 1 unspecified atom stereocenters. The van der Waals surface area contributed by atoms with Crippen LogP contribution in [0.3, 0.4) is 0 Å². The van der Waals surface area contributed by atoms with Crippen LogP contribution in [0, 0.1) is 0 Å². The second kappa shape index (κ2) is 15.3. The Bertz CT molecular complexity index is 1810. The quantitative estimate of drug-likeness (QED) is 0.0991. The summed E-state index contributed by atoms with van der Waals surface area (Å²) in [7, 11) is 0. The van der Waals surface area contributed by atoms with Crippen molar-refractivity contribution in [3.63, 3.8) is 0 Å². The number of hydrogen-bond donors (Lipinski definition) is 3. The number of nitrogens with zero attached hydrogens (tertiary/aromatic N) is 2. The van der Waals surface area contributed by atoms with Gasteiger partial charge in [-0.3, -0.25) is 19.4 Å². The zero-order valence-corrected chi connectivity index (χ0v) is 26.5. The Morgan fingerprint density at radius 2 is 1.76 bits per heavy atom. The summed E-state index contributed by atoms with van der Waals surface area (Å²) in [6.45, 7) is 1.94. The Morgan fingerprint density at radius 3 is 2.49 bits per heavy atom. The van der Waals surface area contributed by atoms with E-state index in [1.54, 1.807) is 85.2 Å². The molecule has 45 heavy (non-hydrogen) atoms. The zero-order chi connectivity index (χ0) is 31.6. The normalized spacial score (nSPS) is 11.8. The lowest BCUT2D eigenvalue weighted by Gasteiger charge is -2.15. The van der Waals surface area contributed by atoms with Gasteiger partial charge >= 0.3 is 0 Å². The van der Waals surface area contributed by atoms with Gasteiger partial charge in [0.05, 0.1) is 10.9 Å². The van der Waals surface area contributed by atoms with Crippen LogP contribution >= 0.6 is 34.7 Å². The predicted octanol–water partition coefficient (Wildman–Crippen LogP) is 7.78. The highest BCUT2D eigenvalue weighted by molar-refractivity contribution is 8.00. The number of aromatic nitrogens is 2. The smallest absolute Gasteiger partial charge is 0.272 e. The largest absolute Gasteiger partial charge is 0.321 e. The summed E-state index contributed by atoms with van der Waals surface area (Å²) in [6.07, 6.45) is 5.36. The van der Waals surface area contributed by atoms with Crippen molar-refractivity contribution >= 4 is 69.3 Å². The minimum absolute atomic E-state index is 0.0575. The Hall–Kier alpha value is -4.77. The molecule has 0 fully saturated rings. The Morgan fingerprint density at radius 1 is 0.956 bits per heavy atom. The SMILES string of the molecule is CCC(Sc1cccc(NC(=O)/C(=C/c2cccnc2)NC(=O)c2ccccc2)c1)C(=O)Nc1nc(-c2ccc(Cl)cc2)cs1. The Kier molecular flexibility index (Phi) is 10.8. The van der Waals surface area contributed by atoms with Crippen LogP contribution in [-0.2, 0) is 9.59 Å². The standard InChI is InChI=1S/C34H28ClN5O3S2/c1-2-30(33(43)40-34-39-29(21-44-34)23-13-15-25(35)16-14-23)45-27-12-6-11-26(19-27)37-32(42)28(18-22-8-7-17-36-20-22)38-31(41)24-9-4-3-5-10-24/h3-21,30H,2H2,1H3,(H,37,42)(H,38,41)(H,39,40,43)/b28-18-. The molecule has 226 valence electrons. The van der Waals surface area contributed by atoms with Crippen molar-refractivity contribution in [3.8, 4) is 11.3 Å². The van der Waals surface area contributed by atoms with E-state index in [0.717, 1.165) is 16.2 Å². The van der Waals surface area contributed by atoms with Crippen molar-refractivity contribution in [2.24, 2.45) is 0 Å². The summed E-state index contributed by atoms with van der Waals surface area (Å²) in [5, 5.41) is 11.2. The number of halogens is 1. The minimum atomic E-state index is -0.504. The molecule has 0 spiro atoms. The van der Waals surface area contributed by atoms with Crippen molar-refractivity contribution in [1.82, 2.24) is 15.3 Å². The number of anilines is 2. The van der Waals surface area contributed by atoms with Gasteiger partial charge in [0.25, 0.3) is 11.8 Å². The molecule has 0 aliphatic heterocycles. The maximum atomic E-state index is 13.4. The lowest BCUT2D eigenvalue weighted by atomic mass is 10.2. The summed E-state index contributed by atoms with van der Waals surface area (Å²) in [5.41, 5.74) is 3.31. The molecule has 5 aromatic rings. The molecule has 2 aromatic heterocycles. The van der Waals surface area contributed by atoms with E-state index in [1.807, 2.05) is 36.6 Å². The third kappa shape index (κ3) is 8.89. The van der Waals surface area contributed by atoms with Gasteiger partial charge in [-0.1, -0.05) is 61.0 Å². The minimum Gasteiger partial charge on any atom is -0.321 e. The predicted molar refractivity (Wildman–Crippen MR) is 182 cm³/mol. The summed E-state index contributed by atoms with van der Waals surface area (Å²) in [5.74, 6) is -1.09. The van der Waals surface area contributed by atoms with E-state index in [0.29, 0.717) is 33.4 Å². The molecule has 3 N–H and O–H groups in total. The van der Waals surface area contributed by atoms with E-state index < -0.39 is 17.1 Å². The third-order valence-corrected chi connectivity index (χ3v) is 8.80. The fourth-order valence-corrected chi connectivity index (χ4v) is 6.03. The molecule has 2 heterocycles. The molecule has 0 saturated heterocycles. The van der Waals surface area contributed by atoms with Gasteiger partial charge in [0.15, 0.2) is 5.13 Å². The number of amides is 3. The first-order valence-electron chi connectivity index (χ1n) is 14.0. The number of nitrogens with one attached hydrogen (secondary N) is 3. The fourth-order valence-electron chi connectivity index (χ4n) is 4.17. The second-order valence-corrected chi connectivity index (χ2v) is 12.3. The van der Waals surface area contributed by atoms with Gasteiger partial charge in [0.2, 0.25) is 5.91 Å². The summed E-state index contributed by atoms with van der Waals surface area (Å²) in [6, 6.07) is 26.8. The van der Waals surface area contributed by atoms with Crippen molar-refractivity contribution in [2.45, 2.75) is 23.5 Å². The molecular weight excluding hydrogens is 626 g/mol. The third-order valence-electron chi connectivity index (χ3n) is 6.43. The maximum Gasteiger partial charge on any atom is 0.272 e. The van der Waals surface area contributed by atoms with Crippen molar-refractivity contribution in [1.29, 1.82) is 0 Å². The first kappa shape index (κ1) is 31.6. The van der Waals surface area contributed by atoms with Crippen LogP contribution in [0.15, 0.2) is 119 Å². The first-order chi connectivity index (χ1) is 21.9. The lowest BCUT2D eigenvalue weighted by molar-refractivity contribution is -0.116. The second-order valence-electron chi connectivity index (χ2n) is 9.70. The van der Waals surface area contributed by atoms with Gasteiger partial charge in [0.1, 0.15) is 5.70 Å². The molecule has 0 saturated carbocycles. The number of rotatable bonds is 11. The Balaban J connectivity index is 1.26. The summed E-state index contributed by atoms with van der Waals surface area (Å²) >= 11 is 8.73.